The fourth-order valence-corrected chi connectivity index (χ4v) is 2.92. The van der Waals surface area contributed by atoms with E-state index in [2.05, 4.69) is 5.32 Å². The Balaban J connectivity index is 1.82. The van der Waals surface area contributed by atoms with Crippen molar-refractivity contribution in [2.45, 2.75) is 12.6 Å². The van der Waals surface area contributed by atoms with Crippen molar-refractivity contribution in [3.63, 3.8) is 0 Å². The van der Waals surface area contributed by atoms with Crippen LogP contribution in [0.15, 0.2) is 72.1 Å². The van der Waals surface area contributed by atoms with Crippen molar-refractivity contribution in [2.75, 3.05) is 12.9 Å². The average Bonchev–Trinajstić information content (AvgIpc) is 2.75. The van der Waals surface area contributed by atoms with Gasteiger partial charge in [0.25, 0.3) is 0 Å². The van der Waals surface area contributed by atoms with Crippen LogP contribution in [-0.4, -0.2) is 36.8 Å². The normalized spacial score (nSPS) is 11.6. The van der Waals surface area contributed by atoms with Crippen LogP contribution >= 0.6 is 11.8 Å². The lowest BCUT2D eigenvalue weighted by Gasteiger charge is -2.15. The molecule has 1 amide bonds. The molecule has 0 heterocycles. The lowest BCUT2D eigenvalue weighted by molar-refractivity contribution is -0.142. The number of amides is 1. The van der Waals surface area contributed by atoms with Crippen LogP contribution in [0.4, 0.5) is 4.79 Å². The number of ketones is 1. The van der Waals surface area contributed by atoms with Crippen molar-refractivity contribution in [2.24, 2.45) is 0 Å². The first-order chi connectivity index (χ1) is 13.6. The van der Waals surface area contributed by atoms with Crippen LogP contribution in [0, 0.1) is 0 Å². The molecule has 0 spiro atoms. The first-order valence-corrected chi connectivity index (χ1v) is 9.57. The minimum atomic E-state index is -0.894. The summed E-state index contributed by atoms with van der Waals surface area (Å²) in [5, 5.41) is 4.07. The maximum Gasteiger partial charge on any atom is 0.408 e. The van der Waals surface area contributed by atoms with Gasteiger partial charge in [0, 0.05) is 11.3 Å². The molecular formula is C21H21NO5S. The summed E-state index contributed by atoms with van der Waals surface area (Å²) in [5.41, 5.74) is 1.41. The minimum absolute atomic E-state index is 0.0964. The monoisotopic (exact) mass is 399 g/mol. The van der Waals surface area contributed by atoms with Gasteiger partial charge in [0.05, 0.1) is 7.11 Å². The topological polar surface area (TPSA) is 81.7 Å². The third-order valence-corrected chi connectivity index (χ3v) is 4.48. The molecule has 0 saturated carbocycles. The molecule has 1 N–H and O–H groups in total. The van der Waals surface area contributed by atoms with E-state index in [1.807, 2.05) is 36.4 Å². The fraction of sp³-hybridized carbons (Fsp3) is 0.190. The van der Waals surface area contributed by atoms with Crippen LogP contribution in [0.1, 0.15) is 15.9 Å². The molecule has 0 bridgehead atoms. The Morgan fingerprint density at radius 3 is 2.32 bits per heavy atom. The predicted octanol–water partition coefficient (Wildman–Crippen LogP) is 3.58. The summed E-state index contributed by atoms with van der Waals surface area (Å²) in [6.07, 6.45) is 0.700. The second-order valence-corrected chi connectivity index (χ2v) is 6.59. The molecule has 6 nitrogen and oxygen atoms in total. The van der Waals surface area contributed by atoms with Gasteiger partial charge in [0.2, 0.25) is 0 Å². The van der Waals surface area contributed by atoms with E-state index in [0.29, 0.717) is 5.56 Å². The second-order valence-electron chi connectivity index (χ2n) is 5.65. The highest BCUT2D eigenvalue weighted by molar-refractivity contribution is 8.02. The van der Waals surface area contributed by atoms with Crippen molar-refractivity contribution in [3.8, 4) is 0 Å². The Labute approximate surface area is 167 Å². The second kappa shape index (κ2) is 11.6. The van der Waals surface area contributed by atoms with Crippen molar-refractivity contribution >= 4 is 29.6 Å². The highest BCUT2D eigenvalue weighted by Gasteiger charge is 2.22. The van der Waals surface area contributed by atoms with Crippen LogP contribution < -0.4 is 5.32 Å². The smallest absolute Gasteiger partial charge is 0.408 e. The number of ether oxygens (including phenoxy) is 2. The summed E-state index contributed by atoms with van der Waals surface area (Å²) in [6, 6.07) is 17.2. The molecule has 7 heteroatoms. The standard InChI is InChI=1S/C21H21NO5S/c1-26-20(24)18(22-21(25)27-14-16-8-4-2-5-9-16)15-28-13-12-19(23)17-10-6-3-7-11-17/h2-13,18H,14-15H2,1H3,(H,22,25)/b13-12-/t18-/m0/s1. The molecule has 146 valence electrons. The molecule has 2 aromatic rings. The summed E-state index contributed by atoms with van der Waals surface area (Å²) in [7, 11) is 1.24. The number of benzene rings is 2. The summed E-state index contributed by atoms with van der Waals surface area (Å²) in [5.74, 6) is -0.531. The number of esters is 1. The molecule has 0 aromatic heterocycles. The summed E-state index contributed by atoms with van der Waals surface area (Å²) in [4.78, 5) is 35.8. The Kier molecular flexibility index (Phi) is 8.81. The SMILES string of the molecule is COC(=O)[C@H](CS/C=C\C(=O)c1ccccc1)NC(=O)OCc1ccccc1. The van der Waals surface area contributed by atoms with Gasteiger partial charge in [0.15, 0.2) is 5.78 Å². The average molecular weight is 399 g/mol. The van der Waals surface area contributed by atoms with Gasteiger partial charge in [-0.25, -0.2) is 9.59 Å². The van der Waals surface area contributed by atoms with Crippen molar-refractivity contribution in [1.82, 2.24) is 5.32 Å². The molecule has 0 fully saturated rings. The van der Waals surface area contributed by atoms with E-state index in [0.717, 1.165) is 5.56 Å². The van der Waals surface area contributed by atoms with E-state index in [1.54, 1.807) is 29.7 Å². The van der Waals surface area contributed by atoms with E-state index in [-0.39, 0.29) is 18.1 Å². The number of nitrogens with one attached hydrogen (secondary N) is 1. The molecule has 0 unspecified atom stereocenters. The third kappa shape index (κ3) is 7.28. The summed E-state index contributed by atoms with van der Waals surface area (Å²) in [6.45, 7) is 0.0964. The maximum absolute atomic E-state index is 12.0. The molecule has 28 heavy (non-hydrogen) atoms. The Bertz CT molecular complexity index is 808. The number of allylic oxidation sites excluding steroid dienone is 1. The van der Waals surface area contributed by atoms with Crippen molar-refractivity contribution < 1.29 is 23.9 Å². The first kappa shape index (κ1) is 21.2. The van der Waals surface area contributed by atoms with Crippen molar-refractivity contribution in [3.05, 3.63) is 83.3 Å². The van der Waals surface area contributed by atoms with Gasteiger partial charge >= 0.3 is 12.1 Å². The highest BCUT2D eigenvalue weighted by Crippen LogP contribution is 2.09. The van der Waals surface area contributed by atoms with Crippen LogP contribution in [0.25, 0.3) is 0 Å². The number of rotatable bonds is 9. The molecule has 2 aromatic carbocycles. The Morgan fingerprint density at radius 2 is 1.68 bits per heavy atom. The lowest BCUT2D eigenvalue weighted by Crippen LogP contribution is -2.43. The van der Waals surface area contributed by atoms with Crippen LogP contribution in [0.5, 0.6) is 0 Å². The van der Waals surface area contributed by atoms with Gasteiger partial charge in [-0.2, -0.15) is 0 Å². The number of hydrogen-bond acceptors (Lipinski definition) is 6. The lowest BCUT2D eigenvalue weighted by atomic mass is 10.1. The zero-order chi connectivity index (χ0) is 20.2. The highest BCUT2D eigenvalue weighted by atomic mass is 32.2. The Hall–Kier alpha value is -3.06. The summed E-state index contributed by atoms with van der Waals surface area (Å²) >= 11 is 1.21. The molecule has 0 aliphatic rings. The third-order valence-electron chi connectivity index (χ3n) is 3.63. The van der Waals surface area contributed by atoms with Gasteiger partial charge in [-0.15, -0.1) is 11.8 Å². The minimum Gasteiger partial charge on any atom is -0.467 e. The Morgan fingerprint density at radius 1 is 1.04 bits per heavy atom. The van der Waals surface area contributed by atoms with Crippen LogP contribution in [-0.2, 0) is 20.9 Å². The van der Waals surface area contributed by atoms with E-state index >= 15 is 0 Å². The number of alkyl carbamates (subject to hydrolysis) is 1. The largest absolute Gasteiger partial charge is 0.467 e. The van der Waals surface area contributed by atoms with Gasteiger partial charge in [-0.05, 0) is 17.0 Å². The molecule has 0 aliphatic heterocycles. The van der Waals surface area contributed by atoms with E-state index in [1.165, 1.54) is 24.9 Å². The molecule has 0 aliphatic carbocycles. The first-order valence-electron chi connectivity index (χ1n) is 8.52. The summed E-state index contributed by atoms with van der Waals surface area (Å²) < 4.78 is 9.83. The van der Waals surface area contributed by atoms with Gasteiger partial charge in [0.1, 0.15) is 12.6 Å². The van der Waals surface area contributed by atoms with E-state index in [9.17, 15) is 14.4 Å². The molecule has 0 radical (unpaired) electrons. The number of hydrogen-bond donors (Lipinski definition) is 1. The van der Waals surface area contributed by atoms with Crippen LogP contribution in [0.2, 0.25) is 0 Å². The fourth-order valence-electron chi connectivity index (χ4n) is 2.18. The molecule has 1 atom stereocenters. The van der Waals surface area contributed by atoms with Crippen LogP contribution in [0.3, 0.4) is 0 Å². The molecular weight excluding hydrogens is 378 g/mol. The maximum atomic E-state index is 12.0. The van der Waals surface area contributed by atoms with Crippen molar-refractivity contribution in [1.29, 1.82) is 0 Å². The van der Waals surface area contributed by atoms with Gasteiger partial charge < -0.3 is 14.8 Å². The number of carbonyl (C=O) groups excluding carboxylic acids is 3. The number of thioether (sulfide) groups is 1. The van der Waals surface area contributed by atoms with E-state index in [4.69, 9.17) is 9.47 Å². The number of carbonyl (C=O) groups is 3. The predicted molar refractivity (Wildman–Crippen MR) is 108 cm³/mol. The molecule has 0 saturated heterocycles. The van der Waals surface area contributed by atoms with Gasteiger partial charge in [-0.3, -0.25) is 4.79 Å². The number of methoxy groups -OCH3 is 1. The quantitative estimate of drug-likeness (QED) is 0.394. The zero-order valence-corrected chi connectivity index (χ0v) is 16.2. The van der Waals surface area contributed by atoms with Gasteiger partial charge in [-0.1, -0.05) is 60.7 Å². The molecule has 2 rings (SSSR count). The zero-order valence-electron chi connectivity index (χ0n) is 15.4. The van der Waals surface area contributed by atoms with E-state index < -0.39 is 18.1 Å².